The van der Waals surface area contributed by atoms with Crippen LogP contribution in [0.3, 0.4) is 0 Å². The van der Waals surface area contributed by atoms with E-state index in [0.717, 1.165) is 0 Å². The van der Waals surface area contributed by atoms with E-state index < -0.39 is 17.1 Å². The van der Waals surface area contributed by atoms with Gasteiger partial charge in [-0.2, -0.15) is 11.8 Å². The predicted octanol–water partition coefficient (Wildman–Crippen LogP) is 1.96. The molecule has 2 atom stereocenters. The Morgan fingerprint density at radius 1 is 1.33 bits per heavy atom. The first-order valence-corrected chi connectivity index (χ1v) is 9.58. The summed E-state index contributed by atoms with van der Waals surface area (Å²) in [7, 11) is 0. The second-order valence-electron chi connectivity index (χ2n) is 6.09. The number of rotatable bonds is 8. The normalized spacial score (nSPS) is 19.0. The maximum absolute atomic E-state index is 12.3. The molecule has 10 heteroatoms. The number of esters is 1. The highest BCUT2D eigenvalue weighted by atomic mass is 32.2. The van der Waals surface area contributed by atoms with Crippen molar-refractivity contribution >= 4 is 29.5 Å². The van der Waals surface area contributed by atoms with Crippen molar-refractivity contribution in [1.82, 2.24) is 4.90 Å². The third-order valence-corrected chi connectivity index (χ3v) is 5.06. The van der Waals surface area contributed by atoms with Gasteiger partial charge in [0.15, 0.2) is 0 Å². The van der Waals surface area contributed by atoms with Crippen LogP contribution in [0.5, 0.6) is 0 Å². The number of non-ortho nitro benzene ring substituents is 1. The standard InChI is InChI=1S/C17H22N2O7S/c1-12(20)25-6-7-27-11-15-8-16(21)9-18(15)17(22)26-10-13-2-4-14(5-3-13)19(23)24/h2-5,15-16,21H,6-11H2,1H3/t15-,16-/m0/s1. The molecule has 0 radical (unpaired) electrons. The summed E-state index contributed by atoms with van der Waals surface area (Å²) in [4.78, 5) is 34.7. The SMILES string of the molecule is CC(=O)OCCSC[C@@H]1C[C@H](O)CN1C(=O)OCc1ccc([N+](=O)[O-])cc1. The number of amides is 1. The number of nitro benzene ring substituents is 1. The summed E-state index contributed by atoms with van der Waals surface area (Å²) in [5.74, 6) is 0.881. The van der Waals surface area contributed by atoms with Crippen LogP contribution in [0.25, 0.3) is 0 Å². The minimum atomic E-state index is -0.601. The molecule has 0 aromatic heterocycles. The molecule has 1 fully saturated rings. The molecule has 1 N–H and O–H groups in total. The number of carbonyl (C=O) groups is 2. The van der Waals surface area contributed by atoms with Crippen LogP contribution >= 0.6 is 11.8 Å². The number of hydrogen-bond donors (Lipinski definition) is 1. The maximum atomic E-state index is 12.3. The molecule has 1 aromatic rings. The van der Waals surface area contributed by atoms with E-state index in [-0.39, 0.29) is 30.9 Å². The topological polar surface area (TPSA) is 119 Å². The number of β-amino-alcohol motifs (C(OH)–C–C–N with tert-alkyl or cyclic N) is 1. The molecule has 148 valence electrons. The van der Waals surface area contributed by atoms with Gasteiger partial charge in [0.1, 0.15) is 13.2 Å². The van der Waals surface area contributed by atoms with Crippen LogP contribution < -0.4 is 0 Å². The molecule has 0 unspecified atom stereocenters. The first-order chi connectivity index (χ1) is 12.9. The van der Waals surface area contributed by atoms with Crippen molar-refractivity contribution < 1.29 is 29.1 Å². The van der Waals surface area contributed by atoms with Crippen LogP contribution in [0, 0.1) is 10.1 Å². The smallest absolute Gasteiger partial charge is 0.410 e. The van der Waals surface area contributed by atoms with Crippen LogP contribution in [0.4, 0.5) is 10.5 Å². The van der Waals surface area contributed by atoms with Gasteiger partial charge >= 0.3 is 12.1 Å². The number of nitro groups is 1. The third kappa shape index (κ3) is 6.72. The number of hydrogen-bond acceptors (Lipinski definition) is 8. The second kappa shape index (κ2) is 10.1. The number of aliphatic hydroxyl groups excluding tert-OH is 1. The summed E-state index contributed by atoms with van der Waals surface area (Å²) in [5.41, 5.74) is 0.611. The highest BCUT2D eigenvalue weighted by Crippen LogP contribution is 2.23. The minimum Gasteiger partial charge on any atom is -0.465 e. The molecule has 9 nitrogen and oxygen atoms in total. The quantitative estimate of drug-likeness (QED) is 0.305. The lowest BCUT2D eigenvalue weighted by Crippen LogP contribution is -2.37. The van der Waals surface area contributed by atoms with E-state index in [1.165, 1.54) is 47.9 Å². The number of aliphatic hydroxyl groups is 1. The Labute approximate surface area is 160 Å². The van der Waals surface area contributed by atoms with Crippen molar-refractivity contribution in [3.63, 3.8) is 0 Å². The van der Waals surface area contributed by atoms with Gasteiger partial charge in [0.25, 0.3) is 5.69 Å². The Kier molecular flexibility index (Phi) is 7.86. The van der Waals surface area contributed by atoms with Gasteiger partial charge in [0.2, 0.25) is 0 Å². The Bertz CT molecular complexity index is 668. The number of carbonyl (C=O) groups excluding carboxylic acids is 2. The first-order valence-electron chi connectivity index (χ1n) is 8.42. The molecular weight excluding hydrogens is 376 g/mol. The fourth-order valence-corrected chi connectivity index (χ4v) is 3.64. The Hall–Kier alpha value is -2.33. The van der Waals surface area contributed by atoms with Gasteiger partial charge < -0.3 is 19.5 Å². The van der Waals surface area contributed by atoms with E-state index in [1.807, 2.05) is 0 Å². The van der Waals surface area contributed by atoms with E-state index in [4.69, 9.17) is 9.47 Å². The van der Waals surface area contributed by atoms with Crippen molar-refractivity contribution in [1.29, 1.82) is 0 Å². The van der Waals surface area contributed by atoms with Crippen LogP contribution in [-0.4, -0.2) is 63.8 Å². The molecule has 1 aliphatic heterocycles. The summed E-state index contributed by atoms with van der Waals surface area (Å²) in [6.07, 6.45) is -0.667. The van der Waals surface area contributed by atoms with Crippen molar-refractivity contribution in [2.24, 2.45) is 0 Å². The van der Waals surface area contributed by atoms with Gasteiger partial charge in [0, 0.05) is 36.6 Å². The number of ether oxygens (including phenoxy) is 2. The summed E-state index contributed by atoms with van der Waals surface area (Å²) < 4.78 is 10.1. The molecule has 1 aromatic carbocycles. The van der Waals surface area contributed by atoms with Crippen molar-refractivity contribution in [3.8, 4) is 0 Å². The number of thioether (sulfide) groups is 1. The average Bonchev–Trinajstić information content (AvgIpc) is 3.00. The largest absolute Gasteiger partial charge is 0.465 e. The monoisotopic (exact) mass is 398 g/mol. The molecule has 0 saturated carbocycles. The van der Waals surface area contributed by atoms with Crippen molar-refractivity contribution in [2.45, 2.75) is 32.1 Å². The van der Waals surface area contributed by atoms with Gasteiger partial charge in [-0.05, 0) is 24.1 Å². The lowest BCUT2D eigenvalue weighted by Gasteiger charge is -2.23. The lowest BCUT2D eigenvalue weighted by molar-refractivity contribution is -0.384. The molecule has 27 heavy (non-hydrogen) atoms. The highest BCUT2D eigenvalue weighted by Gasteiger charge is 2.35. The van der Waals surface area contributed by atoms with Crippen LogP contribution in [-0.2, 0) is 20.9 Å². The van der Waals surface area contributed by atoms with Crippen molar-refractivity contribution in [2.75, 3.05) is 24.7 Å². The molecule has 2 rings (SSSR count). The molecule has 0 bridgehead atoms. The minimum absolute atomic E-state index is 0.00423. The van der Waals surface area contributed by atoms with Gasteiger partial charge in [-0.3, -0.25) is 14.9 Å². The first kappa shape index (κ1) is 21.0. The summed E-state index contributed by atoms with van der Waals surface area (Å²) in [5, 5.41) is 20.5. The number of benzene rings is 1. The van der Waals surface area contributed by atoms with Crippen LogP contribution in [0.15, 0.2) is 24.3 Å². The zero-order valence-electron chi connectivity index (χ0n) is 14.9. The highest BCUT2D eigenvalue weighted by molar-refractivity contribution is 7.99. The second-order valence-corrected chi connectivity index (χ2v) is 7.24. The summed E-state index contributed by atoms with van der Waals surface area (Å²) in [6.45, 7) is 1.85. The van der Waals surface area contributed by atoms with E-state index in [9.17, 15) is 24.8 Å². The third-order valence-electron chi connectivity index (χ3n) is 3.98. The predicted molar refractivity (Wildman–Crippen MR) is 98.4 cm³/mol. The summed E-state index contributed by atoms with van der Waals surface area (Å²) in [6, 6.07) is 5.61. The molecular formula is C17H22N2O7S. The van der Waals surface area contributed by atoms with E-state index in [2.05, 4.69) is 0 Å². The fourth-order valence-electron chi connectivity index (χ4n) is 2.68. The Morgan fingerprint density at radius 2 is 2.04 bits per heavy atom. The lowest BCUT2D eigenvalue weighted by atomic mass is 10.2. The number of nitrogens with zero attached hydrogens (tertiary/aromatic N) is 2. The van der Waals surface area contributed by atoms with E-state index >= 15 is 0 Å². The zero-order valence-corrected chi connectivity index (χ0v) is 15.7. The maximum Gasteiger partial charge on any atom is 0.410 e. The molecule has 0 aliphatic carbocycles. The molecule has 1 aliphatic rings. The Balaban J connectivity index is 1.80. The molecule has 0 spiro atoms. The molecule has 1 saturated heterocycles. The van der Waals surface area contributed by atoms with Crippen LogP contribution in [0.2, 0.25) is 0 Å². The summed E-state index contributed by atoms with van der Waals surface area (Å²) >= 11 is 1.53. The van der Waals surface area contributed by atoms with Gasteiger partial charge in [-0.1, -0.05) is 0 Å². The molecule has 1 amide bonds. The number of likely N-dealkylation sites (tertiary alicyclic amines) is 1. The molecule has 1 heterocycles. The van der Waals surface area contributed by atoms with Gasteiger partial charge in [-0.15, -0.1) is 0 Å². The van der Waals surface area contributed by atoms with Crippen molar-refractivity contribution in [3.05, 3.63) is 39.9 Å². The van der Waals surface area contributed by atoms with Crippen LogP contribution in [0.1, 0.15) is 18.9 Å². The van der Waals surface area contributed by atoms with E-state index in [1.54, 1.807) is 0 Å². The fraction of sp³-hybridized carbons (Fsp3) is 0.529. The van der Waals surface area contributed by atoms with Gasteiger partial charge in [-0.25, -0.2) is 4.79 Å². The van der Waals surface area contributed by atoms with E-state index in [0.29, 0.717) is 30.1 Å². The average molecular weight is 398 g/mol. The zero-order chi connectivity index (χ0) is 19.8. The van der Waals surface area contributed by atoms with Gasteiger partial charge in [0.05, 0.1) is 17.6 Å². The Morgan fingerprint density at radius 3 is 2.67 bits per heavy atom.